The molecule has 0 atom stereocenters. The molecule has 72 valence electrons. The van der Waals surface area contributed by atoms with Crippen molar-refractivity contribution in [2.24, 2.45) is 0 Å². The third-order valence-corrected chi connectivity index (χ3v) is 2.64. The van der Waals surface area contributed by atoms with Gasteiger partial charge in [0.15, 0.2) is 0 Å². The van der Waals surface area contributed by atoms with Gasteiger partial charge < -0.3 is 5.32 Å². The molecule has 1 aromatic rings. The first-order chi connectivity index (χ1) is 6.27. The van der Waals surface area contributed by atoms with E-state index in [1.54, 1.807) is 0 Å². The molecule has 1 aromatic carbocycles. The molecule has 13 heavy (non-hydrogen) atoms. The molecule has 0 aliphatic carbocycles. The fourth-order valence-corrected chi connectivity index (χ4v) is 1.53. The zero-order chi connectivity index (χ0) is 9.68. The van der Waals surface area contributed by atoms with Crippen molar-refractivity contribution in [3.8, 4) is 0 Å². The van der Waals surface area contributed by atoms with Crippen molar-refractivity contribution in [2.45, 2.75) is 37.6 Å². The van der Waals surface area contributed by atoms with E-state index in [9.17, 15) is 0 Å². The van der Waals surface area contributed by atoms with Crippen LogP contribution in [-0.2, 0) is 0 Å². The van der Waals surface area contributed by atoms with Gasteiger partial charge in [0.1, 0.15) is 0 Å². The van der Waals surface area contributed by atoms with Crippen molar-refractivity contribution in [1.29, 1.82) is 0 Å². The van der Waals surface area contributed by atoms with Gasteiger partial charge in [-0.1, -0.05) is 26.0 Å². The van der Waals surface area contributed by atoms with Gasteiger partial charge in [0.2, 0.25) is 0 Å². The Hall–Kier alpha value is -0.630. The second-order valence-corrected chi connectivity index (χ2v) is 3.66. The molecule has 0 bridgehead atoms. The first-order valence-electron chi connectivity index (χ1n) is 4.82. The van der Waals surface area contributed by atoms with Gasteiger partial charge in [-0.15, -0.1) is 12.6 Å². The van der Waals surface area contributed by atoms with Gasteiger partial charge in [-0.2, -0.15) is 0 Å². The van der Waals surface area contributed by atoms with Crippen LogP contribution in [0.2, 0.25) is 0 Å². The molecule has 0 fully saturated rings. The fourth-order valence-electron chi connectivity index (χ4n) is 1.31. The molecule has 0 unspecified atom stereocenters. The first kappa shape index (κ1) is 10.5. The summed E-state index contributed by atoms with van der Waals surface area (Å²) in [5, 5.41) is 3.47. The number of nitrogens with one attached hydrogen (secondary N) is 1. The summed E-state index contributed by atoms with van der Waals surface area (Å²) in [7, 11) is 0. The van der Waals surface area contributed by atoms with Crippen LogP contribution in [-0.4, -0.2) is 6.04 Å². The number of anilines is 1. The number of benzene rings is 1. The van der Waals surface area contributed by atoms with Crippen LogP contribution in [0.5, 0.6) is 0 Å². The Morgan fingerprint density at radius 3 is 2.38 bits per heavy atom. The van der Waals surface area contributed by atoms with Crippen LogP contribution in [0.3, 0.4) is 0 Å². The molecule has 0 saturated heterocycles. The highest BCUT2D eigenvalue weighted by atomic mass is 32.1. The Morgan fingerprint density at radius 2 is 1.85 bits per heavy atom. The molecule has 0 aromatic heterocycles. The lowest BCUT2D eigenvalue weighted by Gasteiger charge is -2.17. The summed E-state index contributed by atoms with van der Waals surface area (Å²) in [5.41, 5.74) is 1.14. The molecule has 1 nitrogen and oxygen atoms in total. The van der Waals surface area contributed by atoms with E-state index in [0.29, 0.717) is 6.04 Å². The number of para-hydroxylation sites is 1. The molecule has 0 radical (unpaired) electrons. The lowest BCUT2D eigenvalue weighted by Crippen LogP contribution is -2.17. The quantitative estimate of drug-likeness (QED) is 0.700. The Kier molecular flexibility index (Phi) is 4.16. The van der Waals surface area contributed by atoms with Crippen molar-refractivity contribution in [2.75, 3.05) is 5.32 Å². The number of thiol groups is 1. The number of hydrogen-bond acceptors (Lipinski definition) is 2. The zero-order valence-electron chi connectivity index (χ0n) is 8.25. The highest BCUT2D eigenvalue weighted by Crippen LogP contribution is 2.20. The summed E-state index contributed by atoms with van der Waals surface area (Å²) in [6.45, 7) is 4.39. The van der Waals surface area contributed by atoms with Crippen LogP contribution < -0.4 is 5.32 Å². The highest BCUT2D eigenvalue weighted by Gasteiger charge is 2.03. The fraction of sp³-hybridized carbons (Fsp3) is 0.455. The number of hydrogen-bond donors (Lipinski definition) is 2. The first-order valence-corrected chi connectivity index (χ1v) is 5.27. The summed E-state index contributed by atoms with van der Waals surface area (Å²) in [4.78, 5) is 1.02. The van der Waals surface area contributed by atoms with Crippen LogP contribution in [0.15, 0.2) is 29.2 Å². The zero-order valence-corrected chi connectivity index (χ0v) is 9.14. The summed E-state index contributed by atoms with van der Waals surface area (Å²) < 4.78 is 0. The van der Waals surface area contributed by atoms with Gasteiger partial charge in [-0.05, 0) is 25.0 Å². The molecule has 0 heterocycles. The van der Waals surface area contributed by atoms with E-state index in [4.69, 9.17) is 0 Å². The third-order valence-electron chi connectivity index (χ3n) is 2.25. The predicted octanol–water partition coefficient (Wildman–Crippen LogP) is 3.58. The smallest absolute Gasteiger partial charge is 0.0477 e. The molecule has 0 saturated carbocycles. The van der Waals surface area contributed by atoms with E-state index >= 15 is 0 Å². The largest absolute Gasteiger partial charge is 0.381 e. The molecule has 0 spiro atoms. The van der Waals surface area contributed by atoms with Crippen LogP contribution in [0.25, 0.3) is 0 Å². The van der Waals surface area contributed by atoms with Gasteiger partial charge in [0, 0.05) is 16.6 Å². The van der Waals surface area contributed by atoms with Gasteiger partial charge in [0.25, 0.3) is 0 Å². The maximum absolute atomic E-state index is 4.39. The van der Waals surface area contributed by atoms with E-state index in [-0.39, 0.29) is 0 Å². The second-order valence-electron chi connectivity index (χ2n) is 3.17. The molecule has 0 aliphatic rings. The minimum atomic E-state index is 0.563. The van der Waals surface area contributed by atoms with Crippen molar-refractivity contribution < 1.29 is 0 Å². The topological polar surface area (TPSA) is 12.0 Å². The molecular formula is C11H17NS. The molecule has 2 heteroatoms. The summed E-state index contributed by atoms with van der Waals surface area (Å²) >= 11 is 4.39. The normalized spacial score (nSPS) is 10.5. The third kappa shape index (κ3) is 2.96. The monoisotopic (exact) mass is 195 g/mol. The summed E-state index contributed by atoms with van der Waals surface area (Å²) in [6.07, 6.45) is 2.30. The van der Waals surface area contributed by atoms with E-state index in [1.165, 1.54) is 0 Å². The van der Waals surface area contributed by atoms with Gasteiger partial charge in [0.05, 0.1) is 0 Å². The van der Waals surface area contributed by atoms with Crippen LogP contribution in [0, 0.1) is 0 Å². The molecule has 1 N–H and O–H groups in total. The average Bonchev–Trinajstić information content (AvgIpc) is 2.17. The predicted molar refractivity (Wildman–Crippen MR) is 61.7 cm³/mol. The molecule has 0 amide bonds. The molecule has 1 rings (SSSR count). The van der Waals surface area contributed by atoms with Crippen LogP contribution in [0.1, 0.15) is 26.7 Å². The van der Waals surface area contributed by atoms with Gasteiger partial charge >= 0.3 is 0 Å². The van der Waals surface area contributed by atoms with Gasteiger partial charge in [-0.3, -0.25) is 0 Å². The number of rotatable bonds is 4. The Bertz CT molecular complexity index is 256. The van der Waals surface area contributed by atoms with E-state index in [2.05, 4.69) is 37.9 Å². The maximum atomic E-state index is 4.39. The summed E-state index contributed by atoms with van der Waals surface area (Å²) in [6, 6.07) is 8.67. The lowest BCUT2D eigenvalue weighted by molar-refractivity contribution is 0.670. The van der Waals surface area contributed by atoms with Crippen LogP contribution in [0.4, 0.5) is 5.69 Å². The van der Waals surface area contributed by atoms with Crippen molar-refractivity contribution in [1.82, 2.24) is 0 Å². The Balaban J connectivity index is 2.67. The SMILES string of the molecule is CCC(CC)Nc1ccccc1S. The second kappa shape index (κ2) is 5.18. The van der Waals surface area contributed by atoms with Crippen molar-refractivity contribution in [3.63, 3.8) is 0 Å². The van der Waals surface area contributed by atoms with Crippen molar-refractivity contribution >= 4 is 18.3 Å². The Morgan fingerprint density at radius 1 is 1.23 bits per heavy atom. The van der Waals surface area contributed by atoms with Gasteiger partial charge in [-0.25, -0.2) is 0 Å². The minimum absolute atomic E-state index is 0.563. The average molecular weight is 195 g/mol. The maximum Gasteiger partial charge on any atom is 0.0477 e. The summed E-state index contributed by atoms with van der Waals surface area (Å²) in [5.74, 6) is 0. The van der Waals surface area contributed by atoms with Crippen LogP contribution >= 0.6 is 12.6 Å². The highest BCUT2D eigenvalue weighted by molar-refractivity contribution is 7.80. The Labute approximate surface area is 86.0 Å². The van der Waals surface area contributed by atoms with E-state index < -0.39 is 0 Å². The van der Waals surface area contributed by atoms with E-state index in [1.807, 2.05) is 18.2 Å². The molecular weight excluding hydrogens is 178 g/mol. The van der Waals surface area contributed by atoms with E-state index in [0.717, 1.165) is 23.4 Å². The lowest BCUT2D eigenvalue weighted by atomic mass is 10.1. The standard InChI is InChI=1S/C11H17NS/c1-3-9(4-2)12-10-7-5-6-8-11(10)13/h5-9,12-13H,3-4H2,1-2H3. The van der Waals surface area contributed by atoms with Crippen molar-refractivity contribution in [3.05, 3.63) is 24.3 Å². The minimum Gasteiger partial charge on any atom is -0.381 e. The molecule has 0 aliphatic heterocycles.